The maximum absolute atomic E-state index is 11.8. The van der Waals surface area contributed by atoms with E-state index >= 15 is 0 Å². The van der Waals surface area contributed by atoms with Crippen molar-refractivity contribution in [2.45, 2.75) is 49.9 Å². The summed E-state index contributed by atoms with van der Waals surface area (Å²) in [5.74, 6) is 1.79. The molecule has 0 aromatic carbocycles. The molecule has 0 aromatic rings. The van der Waals surface area contributed by atoms with Crippen molar-refractivity contribution in [3.05, 3.63) is 0 Å². The molecule has 0 aromatic heterocycles. The van der Waals surface area contributed by atoms with Crippen LogP contribution in [0.4, 0.5) is 0 Å². The van der Waals surface area contributed by atoms with Gasteiger partial charge < -0.3 is 5.32 Å². The predicted molar refractivity (Wildman–Crippen MR) is 87.0 cm³/mol. The molecule has 1 atom stereocenters. The zero-order valence-corrected chi connectivity index (χ0v) is 14.1. The molecule has 1 N–H and O–H groups in total. The molecule has 4 nitrogen and oxygen atoms in total. The van der Waals surface area contributed by atoms with Gasteiger partial charge in [-0.3, -0.25) is 4.90 Å². The lowest BCUT2D eigenvalue weighted by atomic mass is 9.95. The fourth-order valence-corrected chi connectivity index (χ4v) is 6.13. The highest BCUT2D eigenvalue weighted by Crippen LogP contribution is 2.20. The Morgan fingerprint density at radius 3 is 2.70 bits per heavy atom. The minimum absolute atomic E-state index is 0.268. The summed E-state index contributed by atoms with van der Waals surface area (Å²) in [6, 6.07) is 0.700. The number of nitrogens with zero attached hydrogens (tertiary/aromatic N) is 1. The average Bonchev–Trinajstić information content (AvgIpc) is 2.44. The summed E-state index contributed by atoms with van der Waals surface area (Å²) < 4.78 is 23.6. The fraction of sp³-hybridized carbons (Fsp3) is 1.00. The molecular weight excluding hydrogens is 292 g/mol. The van der Waals surface area contributed by atoms with E-state index in [1.165, 1.54) is 38.4 Å². The molecule has 1 aliphatic carbocycles. The predicted octanol–water partition coefficient (Wildman–Crippen LogP) is 1.72. The maximum atomic E-state index is 11.8. The molecule has 2 aliphatic rings. The highest BCUT2D eigenvalue weighted by molar-refractivity contribution is 8.00. The minimum Gasteiger partial charge on any atom is -0.314 e. The summed E-state index contributed by atoms with van der Waals surface area (Å²) in [5.41, 5.74) is 0. The highest BCUT2D eigenvalue weighted by atomic mass is 32.2. The van der Waals surface area contributed by atoms with E-state index < -0.39 is 9.84 Å². The first-order chi connectivity index (χ1) is 9.57. The van der Waals surface area contributed by atoms with E-state index in [1.807, 2.05) is 0 Å². The summed E-state index contributed by atoms with van der Waals surface area (Å²) in [4.78, 5) is 2.16. The van der Waals surface area contributed by atoms with Crippen molar-refractivity contribution >= 4 is 21.6 Å². The second-order valence-electron chi connectivity index (χ2n) is 6.04. The SMILES string of the molecule is CS(=O)(=O)C1CSCCN1CCCNC1CCCCC1. The van der Waals surface area contributed by atoms with Crippen LogP contribution in [-0.4, -0.2) is 62.1 Å². The zero-order chi connectivity index (χ0) is 14.4. The third-order valence-corrected chi connectivity index (χ3v) is 7.03. The molecule has 2 fully saturated rings. The molecule has 1 aliphatic heterocycles. The van der Waals surface area contributed by atoms with Crippen LogP contribution in [0, 0.1) is 0 Å². The largest absolute Gasteiger partial charge is 0.314 e. The highest BCUT2D eigenvalue weighted by Gasteiger charge is 2.30. The van der Waals surface area contributed by atoms with E-state index in [4.69, 9.17) is 0 Å². The van der Waals surface area contributed by atoms with Gasteiger partial charge in [0.15, 0.2) is 9.84 Å². The van der Waals surface area contributed by atoms with Crippen LogP contribution in [0.3, 0.4) is 0 Å². The number of nitrogens with one attached hydrogen (secondary N) is 1. The van der Waals surface area contributed by atoms with Crippen LogP contribution >= 0.6 is 11.8 Å². The van der Waals surface area contributed by atoms with Crippen LogP contribution in [-0.2, 0) is 9.84 Å². The van der Waals surface area contributed by atoms with Gasteiger partial charge in [0.2, 0.25) is 0 Å². The first-order valence-corrected chi connectivity index (χ1v) is 10.9. The van der Waals surface area contributed by atoms with E-state index in [1.54, 1.807) is 11.8 Å². The van der Waals surface area contributed by atoms with Crippen LogP contribution in [0.25, 0.3) is 0 Å². The topological polar surface area (TPSA) is 49.4 Å². The Labute approximate surface area is 128 Å². The first-order valence-electron chi connectivity index (χ1n) is 7.81. The summed E-state index contributed by atoms with van der Waals surface area (Å²) in [6.45, 7) is 2.83. The van der Waals surface area contributed by atoms with Crippen LogP contribution in [0.1, 0.15) is 38.5 Å². The van der Waals surface area contributed by atoms with Crippen molar-refractivity contribution in [1.82, 2.24) is 10.2 Å². The monoisotopic (exact) mass is 320 g/mol. The van der Waals surface area contributed by atoms with Gasteiger partial charge in [-0.1, -0.05) is 19.3 Å². The third-order valence-electron chi connectivity index (χ3n) is 4.35. The molecule has 1 saturated carbocycles. The molecule has 1 saturated heterocycles. The summed E-state index contributed by atoms with van der Waals surface area (Å²) in [6.07, 6.45) is 9.15. The molecule has 0 bridgehead atoms. The Kier molecular flexibility index (Phi) is 6.65. The molecule has 20 heavy (non-hydrogen) atoms. The van der Waals surface area contributed by atoms with Crippen LogP contribution < -0.4 is 5.32 Å². The van der Waals surface area contributed by atoms with Crippen molar-refractivity contribution in [2.24, 2.45) is 0 Å². The van der Waals surface area contributed by atoms with E-state index in [2.05, 4.69) is 10.2 Å². The Balaban J connectivity index is 1.69. The Morgan fingerprint density at radius 2 is 2.00 bits per heavy atom. The molecule has 1 heterocycles. The normalized spacial score (nSPS) is 26.8. The minimum atomic E-state index is -2.95. The molecule has 6 heteroatoms. The van der Waals surface area contributed by atoms with E-state index in [9.17, 15) is 8.42 Å². The van der Waals surface area contributed by atoms with Gasteiger partial charge in [-0.2, -0.15) is 11.8 Å². The maximum Gasteiger partial charge on any atom is 0.164 e. The van der Waals surface area contributed by atoms with Crippen molar-refractivity contribution in [2.75, 3.05) is 37.4 Å². The summed E-state index contributed by atoms with van der Waals surface area (Å²) >= 11 is 1.76. The quantitative estimate of drug-likeness (QED) is 0.755. The van der Waals surface area contributed by atoms with Gasteiger partial charge in [0, 0.05) is 36.9 Å². The summed E-state index contributed by atoms with van der Waals surface area (Å²) in [5, 5.41) is 3.37. The van der Waals surface area contributed by atoms with Crippen LogP contribution in [0.2, 0.25) is 0 Å². The van der Waals surface area contributed by atoms with Gasteiger partial charge in [-0.15, -0.1) is 0 Å². The third kappa shape index (κ3) is 5.20. The van der Waals surface area contributed by atoms with Crippen LogP contribution in [0.15, 0.2) is 0 Å². The number of thioether (sulfide) groups is 1. The lowest BCUT2D eigenvalue weighted by molar-refractivity contribution is 0.261. The molecule has 2 rings (SSSR count). The Morgan fingerprint density at radius 1 is 1.25 bits per heavy atom. The number of rotatable bonds is 6. The summed E-state index contributed by atoms with van der Waals surface area (Å²) in [7, 11) is -2.95. The molecule has 0 radical (unpaired) electrons. The smallest absolute Gasteiger partial charge is 0.164 e. The molecule has 0 spiro atoms. The van der Waals surface area contributed by atoms with E-state index in [0.29, 0.717) is 6.04 Å². The molecular formula is C14H28N2O2S2. The Hall–Kier alpha value is 0.220. The van der Waals surface area contributed by atoms with Crippen LogP contribution in [0.5, 0.6) is 0 Å². The standard InChI is InChI=1S/C14H28N2O2S2/c1-20(17,18)14-12-19-11-10-16(14)9-5-8-15-13-6-3-2-4-7-13/h13-15H,2-12H2,1H3. The van der Waals surface area contributed by atoms with Gasteiger partial charge in [0.1, 0.15) is 5.37 Å². The fourth-order valence-electron chi connectivity index (χ4n) is 3.16. The number of sulfone groups is 1. The molecule has 118 valence electrons. The zero-order valence-electron chi connectivity index (χ0n) is 12.5. The first kappa shape index (κ1) is 16.6. The second-order valence-corrected chi connectivity index (χ2v) is 9.39. The van der Waals surface area contributed by atoms with Gasteiger partial charge in [-0.05, 0) is 25.8 Å². The second kappa shape index (κ2) is 8.01. The average molecular weight is 321 g/mol. The van der Waals surface area contributed by atoms with Crippen molar-refractivity contribution < 1.29 is 8.42 Å². The van der Waals surface area contributed by atoms with Crippen molar-refractivity contribution in [3.8, 4) is 0 Å². The number of hydrogen-bond acceptors (Lipinski definition) is 5. The van der Waals surface area contributed by atoms with Gasteiger partial charge in [0.25, 0.3) is 0 Å². The lowest BCUT2D eigenvalue weighted by Gasteiger charge is -2.34. The molecule has 0 amide bonds. The number of hydrogen-bond donors (Lipinski definition) is 1. The van der Waals surface area contributed by atoms with Gasteiger partial charge >= 0.3 is 0 Å². The molecule has 1 unspecified atom stereocenters. The van der Waals surface area contributed by atoms with Gasteiger partial charge in [0.05, 0.1) is 0 Å². The van der Waals surface area contributed by atoms with E-state index in [0.717, 1.165) is 37.6 Å². The van der Waals surface area contributed by atoms with Gasteiger partial charge in [-0.25, -0.2) is 8.42 Å². The Bertz CT molecular complexity index is 381. The lowest BCUT2D eigenvalue weighted by Crippen LogP contribution is -2.47. The van der Waals surface area contributed by atoms with E-state index in [-0.39, 0.29) is 5.37 Å². The van der Waals surface area contributed by atoms with Crippen molar-refractivity contribution in [1.29, 1.82) is 0 Å². The van der Waals surface area contributed by atoms with Crippen molar-refractivity contribution in [3.63, 3.8) is 0 Å².